The van der Waals surface area contributed by atoms with E-state index in [1.54, 1.807) is 6.92 Å². The first-order chi connectivity index (χ1) is 9.86. The van der Waals surface area contributed by atoms with E-state index in [2.05, 4.69) is 10.6 Å². The molecule has 0 bridgehead atoms. The minimum Gasteiger partial charge on any atom is -0.354 e. The van der Waals surface area contributed by atoms with Crippen LogP contribution in [0.15, 0.2) is 18.2 Å². The van der Waals surface area contributed by atoms with Crippen LogP contribution in [0, 0.1) is 10.1 Å². The van der Waals surface area contributed by atoms with Crippen LogP contribution in [0.1, 0.15) is 30.6 Å². The molecule has 0 aliphatic heterocycles. The summed E-state index contributed by atoms with van der Waals surface area (Å²) in [7, 11) is 0. The number of nitrogens with one attached hydrogen (secondary N) is 2. The van der Waals surface area contributed by atoms with Gasteiger partial charge in [-0.15, -0.1) is 0 Å². The summed E-state index contributed by atoms with van der Waals surface area (Å²) >= 11 is 5.74. The predicted molar refractivity (Wildman–Crippen MR) is 78.3 cm³/mol. The fourth-order valence-electron chi connectivity index (χ4n) is 1.54. The molecule has 0 aliphatic carbocycles. The van der Waals surface area contributed by atoms with Crippen LogP contribution < -0.4 is 10.6 Å². The summed E-state index contributed by atoms with van der Waals surface area (Å²) in [6, 6.07) is 2.93. The van der Waals surface area contributed by atoms with Gasteiger partial charge in [-0.25, -0.2) is 0 Å². The van der Waals surface area contributed by atoms with Crippen LogP contribution in [0.5, 0.6) is 0 Å². The minimum atomic E-state index is -0.710. The fraction of sp³-hybridized carbons (Fsp3) is 0.385. The molecule has 114 valence electrons. The summed E-state index contributed by atoms with van der Waals surface area (Å²) in [6.45, 7) is 4.00. The van der Waals surface area contributed by atoms with E-state index in [0.717, 1.165) is 12.5 Å². The van der Waals surface area contributed by atoms with Crippen LogP contribution in [0.2, 0.25) is 5.02 Å². The molecular weight excluding hydrogens is 298 g/mol. The van der Waals surface area contributed by atoms with Crippen molar-refractivity contribution in [3.05, 3.63) is 38.9 Å². The van der Waals surface area contributed by atoms with Gasteiger partial charge in [0.05, 0.1) is 4.92 Å². The highest BCUT2D eigenvalue weighted by Gasteiger charge is 2.19. The minimum absolute atomic E-state index is 0.129. The number of carbonyl (C=O) groups is 2. The molecule has 0 saturated carbocycles. The SMILES string of the molecule is CCCNC(=O)C(C)NC(=O)c1ccc([N+](=O)[O-])c(Cl)c1. The van der Waals surface area contributed by atoms with Crippen LogP contribution in [-0.2, 0) is 4.79 Å². The van der Waals surface area contributed by atoms with Gasteiger partial charge in [-0.1, -0.05) is 18.5 Å². The Morgan fingerprint density at radius 1 is 1.43 bits per heavy atom. The van der Waals surface area contributed by atoms with Gasteiger partial charge in [0.15, 0.2) is 0 Å². The Balaban J connectivity index is 2.74. The van der Waals surface area contributed by atoms with E-state index < -0.39 is 16.9 Å². The number of carbonyl (C=O) groups excluding carboxylic acids is 2. The van der Waals surface area contributed by atoms with Gasteiger partial charge in [0, 0.05) is 18.2 Å². The second kappa shape index (κ2) is 7.58. The summed E-state index contributed by atoms with van der Waals surface area (Å²) in [4.78, 5) is 33.6. The van der Waals surface area contributed by atoms with E-state index in [4.69, 9.17) is 11.6 Å². The van der Waals surface area contributed by atoms with E-state index in [-0.39, 0.29) is 22.2 Å². The predicted octanol–water partition coefficient (Wildman–Crippen LogP) is 1.89. The quantitative estimate of drug-likeness (QED) is 0.618. The van der Waals surface area contributed by atoms with Crippen molar-refractivity contribution in [1.82, 2.24) is 10.6 Å². The fourth-order valence-corrected chi connectivity index (χ4v) is 1.79. The normalized spacial score (nSPS) is 11.6. The smallest absolute Gasteiger partial charge is 0.287 e. The monoisotopic (exact) mass is 313 g/mol. The van der Waals surface area contributed by atoms with E-state index in [1.165, 1.54) is 12.1 Å². The molecule has 1 rings (SSSR count). The highest BCUT2D eigenvalue weighted by Crippen LogP contribution is 2.24. The Kier molecular flexibility index (Phi) is 6.10. The highest BCUT2D eigenvalue weighted by atomic mass is 35.5. The lowest BCUT2D eigenvalue weighted by Crippen LogP contribution is -2.45. The van der Waals surface area contributed by atoms with Crippen LogP contribution in [0.25, 0.3) is 0 Å². The van der Waals surface area contributed by atoms with Gasteiger partial charge < -0.3 is 10.6 Å². The summed E-state index contributed by atoms with van der Waals surface area (Å²) < 4.78 is 0. The van der Waals surface area contributed by atoms with Crippen LogP contribution in [0.3, 0.4) is 0 Å². The summed E-state index contributed by atoms with van der Waals surface area (Å²) in [5.41, 5.74) is -0.123. The van der Waals surface area contributed by atoms with Crippen molar-refractivity contribution in [3.63, 3.8) is 0 Å². The maximum atomic E-state index is 11.9. The van der Waals surface area contributed by atoms with Gasteiger partial charge in [0.1, 0.15) is 11.1 Å². The van der Waals surface area contributed by atoms with Gasteiger partial charge in [-0.3, -0.25) is 19.7 Å². The number of rotatable bonds is 6. The molecule has 1 aromatic carbocycles. The molecule has 1 unspecified atom stereocenters. The van der Waals surface area contributed by atoms with Crippen molar-refractivity contribution >= 4 is 29.1 Å². The van der Waals surface area contributed by atoms with Gasteiger partial charge in [-0.2, -0.15) is 0 Å². The van der Waals surface area contributed by atoms with Crippen molar-refractivity contribution in [1.29, 1.82) is 0 Å². The van der Waals surface area contributed by atoms with E-state index in [1.807, 2.05) is 6.92 Å². The van der Waals surface area contributed by atoms with E-state index >= 15 is 0 Å². The number of hydrogen-bond acceptors (Lipinski definition) is 4. The van der Waals surface area contributed by atoms with Gasteiger partial charge in [0.25, 0.3) is 11.6 Å². The number of benzene rings is 1. The van der Waals surface area contributed by atoms with Gasteiger partial charge in [0.2, 0.25) is 5.91 Å². The summed E-state index contributed by atoms with van der Waals surface area (Å²) in [6.07, 6.45) is 0.796. The first-order valence-corrected chi connectivity index (χ1v) is 6.77. The molecule has 7 nitrogen and oxygen atoms in total. The third kappa shape index (κ3) is 4.71. The Morgan fingerprint density at radius 2 is 2.10 bits per heavy atom. The highest BCUT2D eigenvalue weighted by molar-refractivity contribution is 6.33. The number of nitro groups is 1. The maximum absolute atomic E-state index is 11.9. The Labute approximate surface area is 126 Å². The molecule has 8 heteroatoms. The lowest BCUT2D eigenvalue weighted by molar-refractivity contribution is -0.384. The molecule has 0 fully saturated rings. The topological polar surface area (TPSA) is 101 Å². The molecule has 0 spiro atoms. The molecule has 2 N–H and O–H groups in total. The van der Waals surface area contributed by atoms with E-state index in [0.29, 0.717) is 6.54 Å². The Hall–Kier alpha value is -2.15. The molecule has 21 heavy (non-hydrogen) atoms. The van der Waals surface area contributed by atoms with Crippen molar-refractivity contribution in [2.45, 2.75) is 26.3 Å². The number of amides is 2. The zero-order chi connectivity index (χ0) is 16.0. The van der Waals surface area contributed by atoms with Crippen molar-refractivity contribution < 1.29 is 14.5 Å². The average Bonchev–Trinajstić information content (AvgIpc) is 2.43. The second-order valence-corrected chi connectivity index (χ2v) is 4.82. The molecule has 0 saturated heterocycles. The summed E-state index contributed by atoms with van der Waals surface area (Å²) in [5, 5.41) is 15.7. The lowest BCUT2D eigenvalue weighted by Gasteiger charge is -2.13. The van der Waals surface area contributed by atoms with Crippen molar-refractivity contribution in [2.24, 2.45) is 0 Å². The number of nitrogens with zero attached hydrogens (tertiary/aromatic N) is 1. The zero-order valence-electron chi connectivity index (χ0n) is 11.7. The largest absolute Gasteiger partial charge is 0.354 e. The van der Waals surface area contributed by atoms with Crippen molar-refractivity contribution in [3.8, 4) is 0 Å². The molecule has 0 heterocycles. The number of halogens is 1. The van der Waals surface area contributed by atoms with E-state index in [9.17, 15) is 19.7 Å². The first kappa shape index (κ1) is 16.9. The Bertz CT molecular complexity index is 562. The molecular formula is C13H16ClN3O4. The summed E-state index contributed by atoms with van der Waals surface area (Å²) in [5.74, 6) is -0.816. The number of nitro benzene ring substituents is 1. The standard InChI is InChI=1S/C13H16ClN3O4/c1-3-6-15-12(18)8(2)16-13(19)9-4-5-11(17(20)21)10(14)7-9/h4-5,7-8H,3,6H2,1-2H3,(H,15,18)(H,16,19). The third-order valence-corrected chi connectivity index (χ3v) is 3.00. The number of hydrogen-bond donors (Lipinski definition) is 2. The zero-order valence-corrected chi connectivity index (χ0v) is 12.4. The van der Waals surface area contributed by atoms with Gasteiger partial charge in [-0.05, 0) is 25.5 Å². The molecule has 1 aromatic rings. The molecule has 2 amide bonds. The maximum Gasteiger partial charge on any atom is 0.287 e. The third-order valence-electron chi connectivity index (χ3n) is 2.70. The van der Waals surface area contributed by atoms with Crippen LogP contribution in [0.4, 0.5) is 5.69 Å². The molecule has 0 radical (unpaired) electrons. The van der Waals surface area contributed by atoms with Gasteiger partial charge >= 0.3 is 0 Å². The second-order valence-electron chi connectivity index (χ2n) is 4.41. The molecule has 1 atom stereocenters. The van der Waals surface area contributed by atoms with Crippen LogP contribution in [-0.4, -0.2) is 29.3 Å². The molecule has 0 aromatic heterocycles. The average molecular weight is 314 g/mol. The first-order valence-electron chi connectivity index (χ1n) is 6.39. The van der Waals surface area contributed by atoms with Crippen molar-refractivity contribution in [2.75, 3.05) is 6.54 Å². The Morgan fingerprint density at radius 3 is 2.62 bits per heavy atom. The lowest BCUT2D eigenvalue weighted by atomic mass is 10.1. The molecule has 0 aliphatic rings. The van der Waals surface area contributed by atoms with Crippen LogP contribution >= 0.6 is 11.6 Å².